The lowest BCUT2D eigenvalue weighted by molar-refractivity contribution is 0.369. The maximum Gasteiger partial charge on any atom is 0.268 e. The standard InChI is InChI=1S/C14H15Cl2N3O2/c1-3-7-17-13-12(20-2)14(19-8-18-13)21-10-6-4-5-9(15)11(10)16/h4-6,8H,3,7H2,1-2H3,(H,17,18,19). The van der Waals surface area contributed by atoms with Gasteiger partial charge in [-0.15, -0.1) is 0 Å². The molecule has 112 valence electrons. The first-order valence-corrected chi connectivity index (χ1v) is 7.17. The summed E-state index contributed by atoms with van der Waals surface area (Å²) in [5, 5.41) is 3.88. The number of hydrogen-bond donors (Lipinski definition) is 1. The molecule has 1 heterocycles. The lowest BCUT2D eigenvalue weighted by Gasteiger charge is -2.13. The smallest absolute Gasteiger partial charge is 0.268 e. The van der Waals surface area contributed by atoms with Crippen molar-refractivity contribution >= 4 is 29.0 Å². The Kier molecular flexibility index (Phi) is 5.47. The van der Waals surface area contributed by atoms with Crippen molar-refractivity contribution in [3.05, 3.63) is 34.6 Å². The zero-order valence-corrected chi connectivity index (χ0v) is 13.2. The first kappa shape index (κ1) is 15.7. The van der Waals surface area contributed by atoms with Crippen molar-refractivity contribution in [1.82, 2.24) is 9.97 Å². The van der Waals surface area contributed by atoms with Gasteiger partial charge in [-0.05, 0) is 18.6 Å². The molecule has 7 heteroatoms. The summed E-state index contributed by atoms with van der Waals surface area (Å²) in [5.74, 6) is 1.67. The molecule has 1 aromatic carbocycles. The van der Waals surface area contributed by atoms with E-state index in [0.717, 1.165) is 13.0 Å². The van der Waals surface area contributed by atoms with Crippen LogP contribution in [0.1, 0.15) is 13.3 Å². The zero-order chi connectivity index (χ0) is 15.2. The van der Waals surface area contributed by atoms with E-state index in [0.29, 0.717) is 27.4 Å². The van der Waals surface area contributed by atoms with E-state index < -0.39 is 0 Å². The maximum absolute atomic E-state index is 6.11. The van der Waals surface area contributed by atoms with Crippen LogP contribution >= 0.6 is 23.2 Å². The second-order valence-corrected chi connectivity index (χ2v) is 4.93. The van der Waals surface area contributed by atoms with Crippen molar-refractivity contribution in [3.8, 4) is 17.4 Å². The summed E-state index contributed by atoms with van der Waals surface area (Å²) in [4.78, 5) is 8.23. The quantitative estimate of drug-likeness (QED) is 0.851. The van der Waals surface area contributed by atoms with Crippen LogP contribution in [0.15, 0.2) is 24.5 Å². The number of halogens is 2. The highest BCUT2D eigenvalue weighted by Gasteiger charge is 2.16. The molecule has 0 aliphatic rings. The van der Waals surface area contributed by atoms with Crippen molar-refractivity contribution < 1.29 is 9.47 Å². The van der Waals surface area contributed by atoms with Crippen molar-refractivity contribution in [2.75, 3.05) is 19.0 Å². The molecule has 0 amide bonds. The molecule has 0 atom stereocenters. The highest BCUT2D eigenvalue weighted by atomic mass is 35.5. The van der Waals surface area contributed by atoms with Crippen LogP contribution in [0.3, 0.4) is 0 Å². The fourth-order valence-electron chi connectivity index (χ4n) is 1.65. The van der Waals surface area contributed by atoms with E-state index in [9.17, 15) is 0 Å². The predicted molar refractivity (Wildman–Crippen MR) is 83.9 cm³/mol. The maximum atomic E-state index is 6.11. The molecule has 1 aromatic heterocycles. The molecule has 0 unspecified atom stereocenters. The molecule has 2 aromatic rings. The molecular weight excluding hydrogens is 313 g/mol. The minimum Gasteiger partial charge on any atom is -0.489 e. The summed E-state index contributed by atoms with van der Waals surface area (Å²) in [6, 6.07) is 5.13. The largest absolute Gasteiger partial charge is 0.489 e. The van der Waals surface area contributed by atoms with Crippen molar-refractivity contribution in [1.29, 1.82) is 0 Å². The Balaban J connectivity index is 2.33. The lowest BCUT2D eigenvalue weighted by Crippen LogP contribution is -2.06. The van der Waals surface area contributed by atoms with Crippen LogP contribution in [0, 0.1) is 0 Å². The van der Waals surface area contributed by atoms with Gasteiger partial charge in [0.1, 0.15) is 17.1 Å². The molecule has 2 rings (SSSR count). The van der Waals surface area contributed by atoms with Crippen LogP contribution in [0.5, 0.6) is 17.4 Å². The second kappa shape index (κ2) is 7.33. The van der Waals surface area contributed by atoms with Crippen LogP contribution in [0.2, 0.25) is 10.0 Å². The third-order valence-corrected chi connectivity index (χ3v) is 3.44. The third-order valence-electron chi connectivity index (χ3n) is 2.64. The topological polar surface area (TPSA) is 56.3 Å². The van der Waals surface area contributed by atoms with Gasteiger partial charge in [0.2, 0.25) is 5.75 Å². The Morgan fingerprint density at radius 3 is 2.76 bits per heavy atom. The average Bonchev–Trinajstić information content (AvgIpc) is 2.50. The third kappa shape index (κ3) is 3.68. The van der Waals surface area contributed by atoms with Gasteiger partial charge in [0.25, 0.3) is 5.88 Å². The molecule has 0 spiro atoms. The molecule has 0 radical (unpaired) electrons. The monoisotopic (exact) mass is 327 g/mol. The van der Waals surface area contributed by atoms with Gasteiger partial charge >= 0.3 is 0 Å². The summed E-state index contributed by atoms with van der Waals surface area (Å²) < 4.78 is 11.0. The first-order valence-electron chi connectivity index (χ1n) is 6.42. The van der Waals surface area contributed by atoms with Crippen LogP contribution in [-0.4, -0.2) is 23.6 Å². The van der Waals surface area contributed by atoms with Crippen molar-refractivity contribution in [2.24, 2.45) is 0 Å². The molecule has 0 saturated heterocycles. The van der Waals surface area contributed by atoms with Gasteiger partial charge in [0.05, 0.1) is 12.1 Å². The minimum atomic E-state index is 0.273. The molecule has 0 bridgehead atoms. The Bertz CT molecular complexity index is 623. The normalized spacial score (nSPS) is 10.3. The van der Waals surface area contributed by atoms with Gasteiger partial charge < -0.3 is 14.8 Å². The predicted octanol–water partition coefficient (Wildman–Crippen LogP) is 4.41. The number of nitrogens with zero attached hydrogens (tertiary/aromatic N) is 2. The lowest BCUT2D eigenvalue weighted by atomic mass is 10.3. The zero-order valence-electron chi connectivity index (χ0n) is 11.7. The van der Waals surface area contributed by atoms with Gasteiger partial charge in [0.15, 0.2) is 5.82 Å². The second-order valence-electron chi connectivity index (χ2n) is 4.14. The van der Waals surface area contributed by atoms with E-state index in [1.54, 1.807) is 18.2 Å². The Morgan fingerprint density at radius 2 is 2.05 bits per heavy atom. The first-order chi connectivity index (χ1) is 10.2. The van der Waals surface area contributed by atoms with E-state index in [4.69, 9.17) is 32.7 Å². The molecule has 0 fully saturated rings. The summed E-state index contributed by atoms with van der Waals surface area (Å²) in [5.41, 5.74) is 0. The number of benzene rings is 1. The number of aromatic nitrogens is 2. The fraction of sp³-hybridized carbons (Fsp3) is 0.286. The number of ether oxygens (including phenoxy) is 2. The number of methoxy groups -OCH3 is 1. The molecule has 5 nitrogen and oxygen atoms in total. The van der Waals surface area contributed by atoms with E-state index in [-0.39, 0.29) is 5.88 Å². The summed E-state index contributed by atoms with van der Waals surface area (Å²) >= 11 is 12.1. The Labute approximate surface area is 133 Å². The summed E-state index contributed by atoms with van der Waals surface area (Å²) in [7, 11) is 1.53. The van der Waals surface area contributed by atoms with Crippen LogP contribution < -0.4 is 14.8 Å². The highest BCUT2D eigenvalue weighted by molar-refractivity contribution is 6.42. The minimum absolute atomic E-state index is 0.273. The number of hydrogen-bond acceptors (Lipinski definition) is 5. The Morgan fingerprint density at radius 1 is 1.24 bits per heavy atom. The summed E-state index contributed by atoms with van der Waals surface area (Å²) in [6.45, 7) is 2.83. The van der Waals surface area contributed by atoms with Crippen LogP contribution in [0.25, 0.3) is 0 Å². The molecular formula is C14H15Cl2N3O2. The molecule has 0 aliphatic carbocycles. The van der Waals surface area contributed by atoms with E-state index in [2.05, 4.69) is 22.2 Å². The number of nitrogens with one attached hydrogen (secondary N) is 1. The SMILES string of the molecule is CCCNc1ncnc(Oc2cccc(Cl)c2Cl)c1OC. The van der Waals surface area contributed by atoms with Crippen molar-refractivity contribution in [3.63, 3.8) is 0 Å². The van der Waals surface area contributed by atoms with Gasteiger partial charge in [-0.25, -0.2) is 4.98 Å². The summed E-state index contributed by atoms with van der Waals surface area (Å²) in [6.07, 6.45) is 2.36. The highest BCUT2D eigenvalue weighted by Crippen LogP contribution is 2.38. The molecule has 21 heavy (non-hydrogen) atoms. The van der Waals surface area contributed by atoms with E-state index >= 15 is 0 Å². The van der Waals surface area contributed by atoms with Crippen LogP contribution in [-0.2, 0) is 0 Å². The van der Waals surface area contributed by atoms with Gasteiger partial charge in [-0.3, -0.25) is 0 Å². The average molecular weight is 328 g/mol. The van der Waals surface area contributed by atoms with Crippen molar-refractivity contribution in [2.45, 2.75) is 13.3 Å². The molecule has 0 saturated carbocycles. The van der Waals surface area contributed by atoms with Gasteiger partial charge in [0, 0.05) is 6.54 Å². The fourth-order valence-corrected chi connectivity index (χ4v) is 1.98. The Hall–Kier alpha value is -1.72. The van der Waals surface area contributed by atoms with Crippen LogP contribution in [0.4, 0.5) is 5.82 Å². The van der Waals surface area contributed by atoms with Gasteiger partial charge in [-0.1, -0.05) is 36.2 Å². The molecule has 1 N–H and O–H groups in total. The molecule has 0 aliphatic heterocycles. The van der Waals surface area contributed by atoms with E-state index in [1.807, 2.05) is 0 Å². The number of anilines is 1. The van der Waals surface area contributed by atoms with Gasteiger partial charge in [-0.2, -0.15) is 4.98 Å². The van der Waals surface area contributed by atoms with E-state index in [1.165, 1.54) is 13.4 Å². The number of rotatable bonds is 6.